The molecule has 0 atom stereocenters. The van der Waals surface area contributed by atoms with Gasteiger partial charge in [0, 0.05) is 30.7 Å². The fraction of sp³-hybridized carbons (Fsp3) is 0.333. The maximum absolute atomic E-state index is 13.5. The molecule has 102 valence electrons. The number of rotatable bonds is 1. The first kappa shape index (κ1) is 14.0. The van der Waals surface area contributed by atoms with Gasteiger partial charge in [-0.05, 0) is 18.2 Å². The smallest absolute Gasteiger partial charge is 0.313 e. The maximum atomic E-state index is 13.5. The molecular formula is C12H13BrFN3O2. The number of halogens is 2. The van der Waals surface area contributed by atoms with Crippen molar-refractivity contribution in [3.63, 3.8) is 0 Å². The topological polar surface area (TPSA) is 61.4 Å². The molecule has 2 amide bonds. The van der Waals surface area contributed by atoms with Crippen LogP contribution in [0.1, 0.15) is 0 Å². The van der Waals surface area contributed by atoms with Crippen LogP contribution in [0.25, 0.3) is 0 Å². The van der Waals surface area contributed by atoms with E-state index in [1.54, 1.807) is 6.07 Å². The molecule has 1 aliphatic rings. The van der Waals surface area contributed by atoms with Crippen molar-refractivity contribution in [2.45, 2.75) is 0 Å². The Morgan fingerprint density at radius 2 is 2.00 bits per heavy atom. The van der Waals surface area contributed by atoms with E-state index < -0.39 is 17.6 Å². The van der Waals surface area contributed by atoms with Crippen molar-refractivity contribution < 1.29 is 14.0 Å². The number of nitrogens with zero attached hydrogens (tertiary/aromatic N) is 1. The highest BCUT2D eigenvalue weighted by Gasteiger charge is 2.23. The predicted molar refractivity (Wildman–Crippen MR) is 72.2 cm³/mol. The largest absolute Gasteiger partial charge is 0.332 e. The van der Waals surface area contributed by atoms with Gasteiger partial charge < -0.3 is 15.5 Å². The van der Waals surface area contributed by atoms with Crippen molar-refractivity contribution in [3.8, 4) is 0 Å². The van der Waals surface area contributed by atoms with Gasteiger partial charge in [0.2, 0.25) is 0 Å². The summed E-state index contributed by atoms with van der Waals surface area (Å²) in [5, 5.41) is 5.37. The van der Waals surface area contributed by atoms with Crippen LogP contribution in [-0.4, -0.2) is 42.9 Å². The SMILES string of the molecule is O=C(Nc1ccc(Br)cc1F)C(=O)N1CCNCC1. The van der Waals surface area contributed by atoms with Crippen molar-refractivity contribution >= 4 is 33.4 Å². The standard InChI is InChI=1S/C12H13BrFN3O2/c13-8-1-2-10(9(14)7-8)16-11(18)12(19)17-5-3-15-4-6-17/h1-2,7,15H,3-6H2,(H,16,18). The zero-order valence-corrected chi connectivity index (χ0v) is 11.7. The molecule has 0 bridgehead atoms. The van der Waals surface area contributed by atoms with Crippen molar-refractivity contribution in [2.24, 2.45) is 0 Å². The molecule has 1 aromatic carbocycles. The van der Waals surface area contributed by atoms with Gasteiger partial charge in [-0.1, -0.05) is 15.9 Å². The summed E-state index contributed by atoms with van der Waals surface area (Å²) in [6.07, 6.45) is 0. The molecule has 7 heteroatoms. The van der Waals surface area contributed by atoms with Gasteiger partial charge in [-0.2, -0.15) is 0 Å². The van der Waals surface area contributed by atoms with Crippen LogP contribution in [0.4, 0.5) is 10.1 Å². The Bertz CT molecular complexity index is 504. The summed E-state index contributed by atoms with van der Waals surface area (Å²) in [7, 11) is 0. The maximum Gasteiger partial charge on any atom is 0.313 e. The van der Waals surface area contributed by atoms with E-state index in [1.807, 2.05) is 0 Å². The normalized spacial score (nSPS) is 15.2. The minimum atomic E-state index is -0.817. The zero-order valence-electron chi connectivity index (χ0n) is 10.1. The average Bonchev–Trinajstić information content (AvgIpc) is 2.42. The average molecular weight is 330 g/mol. The molecule has 0 saturated carbocycles. The molecular weight excluding hydrogens is 317 g/mol. The summed E-state index contributed by atoms with van der Waals surface area (Å²) < 4.78 is 14.1. The van der Waals surface area contributed by atoms with Gasteiger partial charge in [-0.3, -0.25) is 9.59 Å². The van der Waals surface area contributed by atoms with Crippen LogP contribution in [0.3, 0.4) is 0 Å². The van der Waals surface area contributed by atoms with Crippen LogP contribution in [0.5, 0.6) is 0 Å². The number of carbonyl (C=O) groups is 2. The monoisotopic (exact) mass is 329 g/mol. The molecule has 0 aliphatic carbocycles. The lowest BCUT2D eigenvalue weighted by Gasteiger charge is -2.26. The van der Waals surface area contributed by atoms with E-state index in [9.17, 15) is 14.0 Å². The lowest BCUT2D eigenvalue weighted by atomic mass is 10.3. The van der Waals surface area contributed by atoms with E-state index >= 15 is 0 Å². The Morgan fingerprint density at radius 1 is 1.32 bits per heavy atom. The second-order valence-corrected chi connectivity index (χ2v) is 5.04. The molecule has 0 unspecified atom stereocenters. The Kier molecular flexibility index (Phi) is 4.49. The van der Waals surface area contributed by atoms with Crippen LogP contribution < -0.4 is 10.6 Å². The van der Waals surface area contributed by atoms with E-state index in [-0.39, 0.29) is 5.69 Å². The van der Waals surface area contributed by atoms with Crippen LogP contribution in [0, 0.1) is 5.82 Å². The highest BCUT2D eigenvalue weighted by atomic mass is 79.9. The molecule has 1 heterocycles. The summed E-state index contributed by atoms with van der Waals surface area (Å²) in [5.41, 5.74) is -0.00307. The van der Waals surface area contributed by atoms with Gasteiger partial charge in [-0.15, -0.1) is 0 Å². The third kappa shape index (κ3) is 3.51. The van der Waals surface area contributed by atoms with Gasteiger partial charge in [-0.25, -0.2) is 4.39 Å². The first-order valence-electron chi connectivity index (χ1n) is 5.84. The first-order chi connectivity index (χ1) is 9.08. The Morgan fingerprint density at radius 3 is 2.63 bits per heavy atom. The number of benzene rings is 1. The van der Waals surface area contributed by atoms with Crippen LogP contribution in [0.15, 0.2) is 22.7 Å². The number of amides is 2. The molecule has 1 aromatic rings. The zero-order chi connectivity index (χ0) is 13.8. The minimum absolute atomic E-state index is 0.00307. The number of nitrogens with one attached hydrogen (secondary N) is 2. The van der Waals surface area contributed by atoms with Gasteiger partial charge in [0.1, 0.15) is 5.82 Å². The molecule has 1 aliphatic heterocycles. The molecule has 2 N–H and O–H groups in total. The second kappa shape index (κ2) is 6.12. The summed E-state index contributed by atoms with van der Waals surface area (Å²) in [4.78, 5) is 25.0. The number of hydrogen-bond acceptors (Lipinski definition) is 3. The van der Waals surface area contributed by atoms with Crippen molar-refractivity contribution in [1.29, 1.82) is 0 Å². The fourth-order valence-corrected chi connectivity index (χ4v) is 2.11. The molecule has 1 fully saturated rings. The van der Waals surface area contributed by atoms with E-state index in [0.717, 1.165) is 0 Å². The van der Waals surface area contributed by atoms with Gasteiger partial charge >= 0.3 is 11.8 Å². The third-order valence-corrected chi connectivity index (χ3v) is 3.27. The summed E-state index contributed by atoms with van der Waals surface area (Å²) in [6, 6.07) is 4.22. The highest BCUT2D eigenvalue weighted by molar-refractivity contribution is 9.10. The lowest BCUT2D eigenvalue weighted by molar-refractivity contribution is -0.143. The predicted octanol–water partition coefficient (Wildman–Crippen LogP) is 0.958. The summed E-state index contributed by atoms with van der Waals surface area (Å²) in [6.45, 7) is 2.28. The number of hydrogen-bond donors (Lipinski definition) is 2. The van der Waals surface area contributed by atoms with Crippen LogP contribution in [-0.2, 0) is 9.59 Å². The van der Waals surface area contributed by atoms with Gasteiger partial charge in [0.05, 0.1) is 5.69 Å². The molecule has 2 rings (SSSR count). The molecule has 0 spiro atoms. The van der Waals surface area contributed by atoms with Crippen LogP contribution >= 0.6 is 15.9 Å². The molecule has 19 heavy (non-hydrogen) atoms. The quantitative estimate of drug-likeness (QED) is 0.754. The first-order valence-corrected chi connectivity index (χ1v) is 6.63. The van der Waals surface area contributed by atoms with Gasteiger partial charge in [0.25, 0.3) is 0 Å². The number of carbonyl (C=O) groups excluding carboxylic acids is 2. The van der Waals surface area contributed by atoms with E-state index in [4.69, 9.17) is 0 Å². The molecule has 1 saturated heterocycles. The van der Waals surface area contributed by atoms with E-state index in [0.29, 0.717) is 30.7 Å². The third-order valence-electron chi connectivity index (χ3n) is 2.78. The van der Waals surface area contributed by atoms with Crippen molar-refractivity contribution in [1.82, 2.24) is 10.2 Å². The van der Waals surface area contributed by atoms with Crippen LogP contribution in [0.2, 0.25) is 0 Å². The summed E-state index contributed by atoms with van der Waals surface area (Å²) >= 11 is 3.12. The molecule has 0 aromatic heterocycles. The van der Waals surface area contributed by atoms with E-state index in [1.165, 1.54) is 17.0 Å². The lowest BCUT2D eigenvalue weighted by Crippen LogP contribution is -2.49. The highest BCUT2D eigenvalue weighted by Crippen LogP contribution is 2.19. The fourth-order valence-electron chi connectivity index (χ4n) is 1.78. The Balaban J connectivity index is 2.01. The summed E-state index contributed by atoms with van der Waals surface area (Å²) in [5.74, 6) is -2.04. The second-order valence-electron chi connectivity index (χ2n) is 4.12. The van der Waals surface area contributed by atoms with Gasteiger partial charge in [0.15, 0.2) is 0 Å². The number of anilines is 1. The molecule has 5 nitrogen and oxygen atoms in total. The minimum Gasteiger partial charge on any atom is -0.332 e. The Labute approximate surface area is 118 Å². The Hall–Kier alpha value is -1.47. The molecule has 0 radical (unpaired) electrons. The van der Waals surface area contributed by atoms with Crippen molar-refractivity contribution in [3.05, 3.63) is 28.5 Å². The van der Waals surface area contributed by atoms with Crippen molar-refractivity contribution in [2.75, 3.05) is 31.5 Å². The van der Waals surface area contributed by atoms with E-state index in [2.05, 4.69) is 26.6 Å². The number of piperazine rings is 1.